The van der Waals surface area contributed by atoms with Crippen LogP contribution in [0.25, 0.3) is 0 Å². The number of hydrogen-bond donors (Lipinski definition) is 0. The fourth-order valence-corrected chi connectivity index (χ4v) is 1.07. The maximum Gasteiger partial charge on any atom is 0.145 e. The van der Waals surface area contributed by atoms with E-state index < -0.39 is 0 Å². The van der Waals surface area contributed by atoms with Crippen LogP contribution in [0.2, 0.25) is 0 Å². The Hall–Kier alpha value is -0.630. The van der Waals surface area contributed by atoms with Crippen LogP contribution in [0, 0.1) is 0 Å². The standard InChI is InChI=1S/C8H12O2/c1-7(6-9)5-8-3-2-4-10-8/h5-6,8H,2-4H2,1H3/b7-5+/t8-/m1/s1. The van der Waals surface area contributed by atoms with Gasteiger partial charge in [-0.25, -0.2) is 0 Å². The molecule has 10 heavy (non-hydrogen) atoms. The summed E-state index contributed by atoms with van der Waals surface area (Å²) in [4.78, 5) is 10.2. The predicted octanol–water partition coefficient (Wildman–Crippen LogP) is 1.31. The summed E-state index contributed by atoms with van der Waals surface area (Å²) in [6, 6.07) is 0. The van der Waals surface area contributed by atoms with Crippen molar-refractivity contribution in [2.24, 2.45) is 0 Å². The van der Waals surface area contributed by atoms with Gasteiger partial charge >= 0.3 is 0 Å². The molecule has 1 saturated heterocycles. The fraction of sp³-hybridized carbons (Fsp3) is 0.625. The van der Waals surface area contributed by atoms with Crippen molar-refractivity contribution in [2.75, 3.05) is 6.61 Å². The van der Waals surface area contributed by atoms with Crippen LogP contribution in [0.3, 0.4) is 0 Å². The van der Waals surface area contributed by atoms with Gasteiger partial charge < -0.3 is 4.74 Å². The maximum absolute atomic E-state index is 10.2. The Morgan fingerprint density at radius 1 is 1.70 bits per heavy atom. The first-order chi connectivity index (χ1) is 4.83. The summed E-state index contributed by atoms with van der Waals surface area (Å²) in [5.74, 6) is 0. The second kappa shape index (κ2) is 3.52. The molecule has 0 aromatic rings. The van der Waals surface area contributed by atoms with Crippen LogP contribution in [0.15, 0.2) is 11.6 Å². The van der Waals surface area contributed by atoms with E-state index in [1.807, 2.05) is 6.08 Å². The largest absolute Gasteiger partial charge is 0.374 e. The molecular weight excluding hydrogens is 128 g/mol. The maximum atomic E-state index is 10.2. The van der Waals surface area contributed by atoms with E-state index >= 15 is 0 Å². The molecule has 1 fully saturated rings. The van der Waals surface area contributed by atoms with E-state index in [1.165, 1.54) is 0 Å². The van der Waals surface area contributed by atoms with E-state index in [0.29, 0.717) is 0 Å². The molecule has 2 heteroatoms. The van der Waals surface area contributed by atoms with Gasteiger partial charge in [-0.15, -0.1) is 0 Å². The number of aldehydes is 1. The third-order valence-electron chi connectivity index (χ3n) is 1.60. The molecular formula is C8H12O2. The molecule has 0 aromatic heterocycles. The Labute approximate surface area is 60.9 Å². The highest BCUT2D eigenvalue weighted by Gasteiger charge is 2.11. The van der Waals surface area contributed by atoms with E-state index in [0.717, 1.165) is 31.3 Å². The molecule has 1 heterocycles. The number of hydrogen-bond acceptors (Lipinski definition) is 2. The van der Waals surface area contributed by atoms with Crippen molar-refractivity contribution in [3.05, 3.63) is 11.6 Å². The minimum atomic E-state index is 0.199. The molecule has 1 atom stereocenters. The first kappa shape index (κ1) is 7.48. The third kappa shape index (κ3) is 1.95. The lowest BCUT2D eigenvalue weighted by Gasteiger charge is -2.01. The van der Waals surface area contributed by atoms with Crippen LogP contribution >= 0.6 is 0 Å². The molecule has 2 nitrogen and oxygen atoms in total. The second-order valence-corrected chi connectivity index (χ2v) is 2.58. The molecule has 0 N–H and O–H groups in total. The Morgan fingerprint density at radius 2 is 2.50 bits per heavy atom. The van der Waals surface area contributed by atoms with Crippen LogP contribution in [0.1, 0.15) is 19.8 Å². The zero-order valence-corrected chi connectivity index (χ0v) is 6.17. The van der Waals surface area contributed by atoms with Gasteiger partial charge in [0.05, 0.1) is 6.10 Å². The van der Waals surface area contributed by atoms with Crippen LogP contribution in [0.4, 0.5) is 0 Å². The summed E-state index contributed by atoms with van der Waals surface area (Å²) in [6.45, 7) is 2.64. The molecule has 0 spiro atoms. The van der Waals surface area contributed by atoms with Gasteiger partial charge in [0.15, 0.2) is 0 Å². The van der Waals surface area contributed by atoms with E-state index in [-0.39, 0.29) is 6.10 Å². The highest BCUT2D eigenvalue weighted by Crippen LogP contribution is 2.13. The number of allylic oxidation sites excluding steroid dienone is 1. The van der Waals surface area contributed by atoms with E-state index in [2.05, 4.69) is 0 Å². The second-order valence-electron chi connectivity index (χ2n) is 2.58. The Kier molecular flexibility index (Phi) is 2.63. The lowest BCUT2D eigenvalue weighted by molar-refractivity contribution is -0.104. The summed E-state index contributed by atoms with van der Waals surface area (Å²) in [5.41, 5.74) is 0.770. The van der Waals surface area contributed by atoms with Gasteiger partial charge in [0.25, 0.3) is 0 Å². The lowest BCUT2D eigenvalue weighted by atomic mass is 10.2. The van der Waals surface area contributed by atoms with Gasteiger partial charge in [0.2, 0.25) is 0 Å². The summed E-state index contributed by atoms with van der Waals surface area (Å²) >= 11 is 0. The summed E-state index contributed by atoms with van der Waals surface area (Å²) in [7, 11) is 0. The van der Waals surface area contributed by atoms with Crippen molar-refractivity contribution < 1.29 is 9.53 Å². The predicted molar refractivity (Wildman–Crippen MR) is 38.8 cm³/mol. The minimum Gasteiger partial charge on any atom is -0.374 e. The van der Waals surface area contributed by atoms with Crippen molar-refractivity contribution in [1.82, 2.24) is 0 Å². The first-order valence-electron chi connectivity index (χ1n) is 3.58. The Morgan fingerprint density at radius 3 is 3.00 bits per heavy atom. The van der Waals surface area contributed by atoms with Gasteiger partial charge in [0.1, 0.15) is 6.29 Å². The van der Waals surface area contributed by atoms with E-state index in [1.54, 1.807) is 6.92 Å². The molecule has 0 aliphatic carbocycles. The zero-order chi connectivity index (χ0) is 7.40. The molecule has 56 valence electrons. The van der Waals surface area contributed by atoms with Crippen molar-refractivity contribution in [3.63, 3.8) is 0 Å². The zero-order valence-electron chi connectivity index (χ0n) is 6.17. The van der Waals surface area contributed by atoms with Crippen molar-refractivity contribution in [3.8, 4) is 0 Å². The highest BCUT2D eigenvalue weighted by atomic mass is 16.5. The highest BCUT2D eigenvalue weighted by molar-refractivity contribution is 5.72. The Bertz CT molecular complexity index is 143. The molecule has 0 radical (unpaired) electrons. The SMILES string of the molecule is C/C(C=O)=C\[C@H]1CCCO1. The van der Waals surface area contributed by atoms with Crippen molar-refractivity contribution in [1.29, 1.82) is 0 Å². The molecule has 0 aromatic carbocycles. The third-order valence-corrected chi connectivity index (χ3v) is 1.60. The van der Waals surface area contributed by atoms with Crippen LogP contribution < -0.4 is 0 Å². The van der Waals surface area contributed by atoms with Gasteiger partial charge in [-0.3, -0.25) is 4.79 Å². The average Bonchev–Trinajstić information content (AvgIpc) is 2.40. The van der Waals surface area contributed by atoms with Gasteiger partial charge in [-0.05, 0) is 31.4 Å². The van der Waals surface area contributed by atoms with Crippen LogP contribution in [0.5, 0.6) is 0 Å². The van der Waals surface area contributed by atoms with E-state index in [9.17, 15) is 4.79 Å². The number of carbonyl (C=O) groups is 1. The quantitative estimate of drug-likeness (QED) is 0.427. The Balaban J connectivity index is 2.42. The van der Waals surface area contributed by atoms with E-state index in [4.69, 9.17) is 4.74 Å². The van der Waals surface area contributed by atoms with Gasteiger partial charge in [-0.2, -0.15) is 0 Å². The summed E-state index contributed by atoms with van der Waals surface area (Å²) < 4.78 is 5.29. The molecule has 0 bridgehead atoms. The summed E-state index contributed by atoms with van der Waals surface area (Å²) in [5, 5.41) is 0. The van der Waals surface area contributed by atoms with Crippen LogP contribution in [-0.4, -0.2) is 19.0 Å². The first-order valence-corrected chi connectivity index (χ1v) is 3.58. The molecule has 0 amide bonds. The number of ether oxygens (including phenoxy) is 1. The monoisotopic (exact) mass is 140 g/mol. The topological polar surface area (TPSA) is 26.3 Å². The molecule has 1 aliphatic heterocycles. The number of carbonyl (C=O) groups excluding carboxylic acids is 1. The van der Waals surface area contributed by atoms with Crippen molar-refractivity contribution in [2.45, 2.75) is 25.9 Å². The molecule has 1 aliphatic rings. The normalized spacial score (nSPS) is 26.9. The summed E-state index contributed by atoms with van der Waals surface area (Å²) in [6.07, 6.45) is 5.13. The molecule has 1 rings (SSSR count). The van der Waals surface area contributed by atoms with Gasteiger partial charge in [-0.1, -0.05) is 0 Å². The minimum absolute atomic E-state index is 0.199. The number of rotatable bonds is 2. The van der Waals surface area contributed by atoms with Crippen LogP contribution in [-0.2, 0) is 9.53 Å². The molecule has 0 saturated carbocycles. The smallest absolute Gasteiger partial charge is 0.145 e. The van der Waals surface area contributed by atoms with Gasteiger partial charge in [0, 0.05) is 6.61 Å². The average molecular weight is 140 g/mol. The lowest BCUT2D eigenvalue weighted by Crippen LogP contribution is -2.00. The van der Waals surface area contributed by atoms with Crippen molar-refractivity contribution >= 4 is 6.29 Å². The molecule has 0 unspecified atom stereocenters. The fourth-order valence-electron chi connectivity index (χ4n) is 1.07.